The van der Waals surface area contributed by atoms with Crippen molar-refractivity contribution in [3.8, 4) is 5.69 Å². The Labute approximate surface area is 190 Å². The van der Waals surface area contributed by atoms with E-state index in [-0.39, 0.29) is 23.8 Å². The lowest BCUT2D eigenvalue weighted by Gasteiger charge is -2.30. The lowest BCUT2D eigenvalue weighted by Crippen LogP contribution is -2.43. The third-order valence-corrected chi connectivity index (χ3v) is 5.71. The maximum Gasteiger partial charge on any atom is 0.321 e. The fourth-order valence-electron chi connectivity index (χ4n) is 3.91. The van der Waals surface area contributed by atoms with Crippen LogP contribution in [0.3, 0.4) is 0 Å². The number of hydrogen-bond donors (Lipinski definition) is 1. The molecule has 33 heavy (non-hydrogen) atoms. The van der Waals surface area contributed by atoms with Crippen molar-refractivity contribution >= 4 is 11.8 Å². The second kappa shape index (κ2) is 8.82. The zero-order valence-electron chi connectivity index (χ0n) is 18.5. The monoisotopic (exact) mass is 446 g/mol. The van der Waals surface area contributed by atoms with E-state index in [4.69, 9.17) is 0 Å². The van der Waals surface area contributed by atoms with E-state index in [1.165, 1.54) is 40.2 Å². The summed E-state index contributed by atoms with van der Waals surface area (Å²) >= 11 is 0. The number of hydrogen-bond acceptors (Lipinski definition) is 4. The van der Waals surface area contributed by atoms with Gasteiger partial charge in [0.25, 0.3) is 5.56 Å². The molecule has 1 N–H and O–H groups in total. The van der Waals surface area contributed by atoms with Crippen molar-refractivity contribution < 1.29 is 14.0 Å². The minimum absolute atomic E-state index is 0.0634. The second-order valence-corrected chi connectivity index (χ2v) is 8.07. The zero-order chi connectivity index (χ0) is 23.7. The predicted octanol–water partition coefficient (Wildman–Crippen LogP) is 3.38. The van der Waals surface area contributed by atoms with Gasteiger partial charge in [0.1, 0.15) is 5.82 Å². The number of amides is 2. The molecule has 0 spiro atoms. The van der Waals surface area contributed by atoms with Crippen LogP contribution in [0.1, 0.15) is 28.3 Å². The van der Waals surface area contributed by atoms with E-state index in [1.807, 2.05) is 19.9 Å². The Morgan fingerprint density at radius 2 is 1.82 bits per heavy atom. The number of carbonyl (C=O) groups excluding carboxylic acids is 2. The smallest absolute Gasteiger partial charge is 0.321 e. The zero-order valence-corrected chi connectivity index (χ0v) is 18.5. The Hall–Kier alpha value is -4.07. The van der Waals surface area contributed by atoms with Crippen molar-refractivity contribution in [3.63, 3.8) is 0 Å². The molecule has 1 atom stereocenters. The van der Waals surface area contributed by atoms with Crippen LogP contribution in [0, 0.1) is 19.7 Å². The number of ketones is 1. The number of rotatable bonds is 5. The molecule has 0 saturated carbocycles. The van der Waals surface area contributed by atoms with E-state index in [9.17, 15) is 18.8 Å². The first-order chi connectivity index (χ1) is 15.7. The van der Waals surface area contributed by atoms with Gasteiger partial charge in [-0.05, 0) is 60.4 Å². The van der Waals surface area contributed by atoms with E-state index in [0.717, 1.165) is 16.7 Å². The van der Waals surface area contributed by atoms with Crippen LogP contribution in [0.25, 0.3) is 5.69 Å². The fraction of sp³-hybridized carbons (Fsp3) is 0.200. The Balaban J connectivity index is 1.70. The highest BCUT2D eigenvalue weighted by Gasteiger charge is 2.30. The van der Waals surface area contributed by atoms with Crippen molar-refractivity contribution in [3.05, 3.63) is 105 Å². The molecule has 0 saturated heterocycles. The third kappa shape index (κ3) is 4.45. The van der Waals surface area contributed by atoms with Crippen LogP contribution >= 0.6 is 0 Å². The first kappa shape index (κ1) is 22.1. The van der Waals surface area contributed by atoms with Crippen molar-refractivity contribution in [1.82, 2.24) is 20.0 Å². The Bertz CT molecular complexity index is 1330. The minimum atomic E-state index is -0.689. The van der Waals surface area contributed by atoms with E-state index in [1.54, 1.807) is 31.3 Å². The number of nitrogens with zero attached hydrogens (tertiary/aromatic N) is 3. The molecule has 4 rings (SSSR count). The van der Waals surface area contributed by atoms with Gasteiger partial charge in [-0.15, -0.1) is 0 Å². The highest BCUT2D eigenvalue weighted by molar-refractivity contribution is 6.00. The summed E-state index contributed by atoms with van der Waals surface area (Å²) < 4.78 is 14.7. The highest BCUT2D eigenvalue weighted by Crippen LogP contribution is 2.28. The summed E-state index contributed by atoms with van der Waals surface area (Å²) in [5.41, 5.74) is 3.85. The molecular weight excluding hydrogens is 423 g/mol. The summed E-state index contributed by atoms with van der Waals surface area (Å²) in [6, 6.07) is 11.4. The van der Waals surface area contributed by atoms with Crippen molar-refractivity contribution in [2.75, 3.05) is 7.05 Å². The molecule has 7 nitrogen and oxygen atoms in total. The van der Waals surface area contributed by atoms with E-state index >= 15 is 0 Å². The largest absolute Gasteiger partial charge is 0.327 e. The Morgan fingerprint density at radius 1 is 1.09 bits per heavy atom. The van der Waals surface area contributed by atoms with Gasteiger partial charge in [-0.2, -0.15) is 9.78 Å². The molecule has 2 heterocycles. The lowest BCUT2D eigenvalue weighted by molar-refractivity contribution is -0.115. The molecule has 0 fully saturated rings. The van der Waals surface area contributed by atoms with Gasteiger partial charge in [0, 0.05) is 37.5 Å². The van der Waals surface area contributed by atoms with Gasteiger partial charge in [0.15, 0.2) is 5.78 Å². The van der Waals surface area contributed by atoms with Gasteiger partial charge < -0.3 is 10.2 Å². The van der Waals surface area contributed by atoms with Crippen LogP contribution in [0.15, 0.2) is 71.3 Å². The van der Waals surface area contributed by atoms with Crippen LogP contribution in [-0.2, 0) is 11.2 Å². The van der Waals surface area contributed by atoms with Gasteiger partial charge in [-0.3, -0.25) is 9.59 Å². The molecule has 1 aromatic heterocycles. The average molecular weight is 446 g/mol. The molecule has 168 valence electrons. The number of urea groups is 1. The number of halogens is 1. The standard InChI is InChI=1S/C25H23FN4O3/c1-15-11-16(2)21(30-23(32)5-4-10-27-30)12-18(15)13-22(31)20-14-29(3)25(33)28-24(20)17-6-8-19(26)9-7-17/h4-12,14,24H,13H2,1-3H3,(H,28,33)/t24-/m0/s1. The van der Waals surface area contributed by atoms with E-state index < -0.39 is 11.9 Å². The molecule has 2 aromatic carbocycles. The van der Waals surface area contributed by atoms with Crippen LogP contribution in [0.5, 0.6) is 0 Å². The summed E-state index contributed by atoms with van der Waals surface area (Å²) in [6.07, 6.45) is 3.11. The normalized spacial score (nSPS) is 15.8. The molecule has 3 aromatic rings. The molecule has 0 bridgehead atoms. The van der Waals surface area contributed by atoms with Crippen LogP contribution in [-0.4, -0.2) is 33.5 Å². The Morgan fingerprint density at radius 3 is 2.52 bits per heavy atom. The molecule has 0 unspecified atom stereocenters. The summed E-state index contributed by atoms with van der Waals surface area (Å²) in [7, 11) is 1.56. The molecular formula is C25H23FN4O3. The SMILES string of the molecule is Cc1cc(C)c(-n2ncccc2=O)cc1CC(=O)C1=CN(C)C(=O)N[C@H]1c1ccc(F)cc1. The maximum absolute atomic E-state index is 13.4. The van der Waals surface area contributed by atoms with Crippen molar-refractivity contribution in [2.45, 2.75) is 26.3 Å². The summed E-state index contributed by atoms with van der Waals surface area (Å²) in [6.45, 7) is 3.79. The summed E-state index contributed by atoms with van der Waals surface area (Å²) in [5.74, 6) is -0.593. The lowest BCUT2D eigenvalue weighted by atomic mass is 9.90. The van der Waals surface area contributed by atoms with Gasteiger partial charge >= 0.3 is 6.03 Å². The van der Waals surface area contributed by atoms with Gasteiger partial charge in [-0.25, -0.2) is 9.18 Å². The van der Waals surface area contributed by atoms with Gasteiger partial charge in [0.05, 0.1) is 11.7 Å². The molecule has 0 radical (unpaired) electrons. The van der Waals surface area contributed by atoms with Crippen LogP contribution in [0.2, 0.25) is 0 Å². The molecule has 0 aliphatic carbocycles. The number of aryl methyl sites for hydroxylation is 2. The number of carbonyl (C=O) groups is 2. The van der Waals surface area contributed by atoms with Crippen LogP contribution < -0.4 is 10.9 Å². The quantitative estimate of drug-likeness (QED) is 0.651. The van der Waals surface area contributed by atoms with E-state index in [0.29, 0.717) is 16.8 Å². The number of benzene rings is 2. The van der Waals surface area contributed by atoms with Crippen molar-refractivity contribution in [2.24, 2.45) is 0 Å². The maximum atomic E-state index is 13.4. The third-order valence-electron chi connectivity index (χ3n) is 5.71. The Kier molecular flexibility index (Phi) is 5.91. The van der Waals surface area contributed by atoms with Crippen molar-refractivity contribution in [1.29, 1.82) is 0 Å². The first-order valence-corrected chi connectivity index (χ1v) is 10.4. The topological polar surface area (TPSA) is 84.3 Å². The predicted molar refractivity (Wildman–Crippen MR) is 122 cm³/mol. The summed E-state index contributed by atoms with van der Waals surface area (Å²) in [5, 5.41) is 6.96. The van der Waals surface area contributed by atoms with E-state index in [2.05, 4.69) is 10.4 Å². The van der Waals surface area contributed by atoms with Gasteiger partial charge in [0.2, 0.25) is 0 Å². The second-order valence-electron chi connectivity index (χ2n) is 8.07. The minimum Gasteiger partial charge on any atom is -0.327 e. The first-order valence-electron chi connectivity index (χ1n) is 10.4. The fourth-order valence-corrected chi connectivity index (χ4v) is 3.91. The van der Waals surface area contributed by atoms with Crippen LogP contribution in [0.4, 0.5) is 9.18 Å². The molecule has 2 amide bonds. The highest BCUT2D eigenvalue weighted by atomic mass is 19.1. The molecule has 8 heteroatoms. The number of Topliss-reactive ketones (excluding diaryl/α,β-unsaturated/α-hetero) is 1. The summed E-state index contributed by atoms with van der Waals surface area (Å²) in [4.78, 5) is 39.3. The van der Waals surface area contributed by atoms with Gasteiger partial charge in [-0.1, -0.05) is 18.2 Å². The molecule has 1 aliphatic rings. The number of aromatic nitrogens is 2. The number of nitrogens with one attached hydrogen (secondary N) is 1. The average Bonchev–Trinajstić information content (AvgIpc) is 2.78. The molecule has 1 aliphatic heterocycles.